The van der Waals surface area contributed by atoms with Crippen LogP contribution in [0.5, 0.6) is 5.75 Å². The number of carbonyl (C=O) groups is 1. The predicted octanol–water partition coefficient (Wildman–Crippen LogP) is 2.18. The third kappa shape index (κ3) is 2.17. The van der Waals surface area contributed by atoms with Crippen molar-refractivity contribution < 1.29 is 9.53 Å². The van der Waals surface area contributed by atoms with Gasteiger partial charge in [0.05, 0.1) is 12.1 Å². The van der Waals surface area contributed by atoms with Crippen molar-refractivity contribution in [2.45, 2.75) is 6.92 Å². The second-order valence-electron chi connectivity index (χ2n) is 4.45. The monoisotopic (exact) mass is 254 g/mol. The van der Waals surface area contributed by atoms with Gasteiger partial charge in [0.25, 0.3) is 5.91 Å². The number of hydrogen-bond donors (Lipinski definition) is 1. The molecule has 0 atom stereocenters. The lowest BCUT2D eigenvalue weighted by molar-refractivity contribution is 0.0957. The molecule has 4 nitrogen and oxygen atoms in total. The topological polar surface area (TPSA) is 51.2 Å². The molecule has 0 fully saturated rings. The molecule has 1 aliphatic heterocycles. The summed E-state index contributed by atoms with van der Waals surface area (Å²) in [6.45, 7) is 3.00. The zero-order valence-electron chi connectivity index (χ0n) is 10.6. The summed E-state index contributed by atoms with van der Waals surface area (Å²) in [6, 6.07) is 9.56. The first kappa shape index (κ1) is 11.7. The summed E-state index contributed by atoms with van der Waals surface area (Å²) in [7, 11) is 0. The Bertz CT molecular complexity index is 638. The van der Waals surface area contributed by atoms with Crippen molar-refractivity contribution in [2.24, 2.45) is 0 Å². The third-order valence-corrected chi connectivity index (χ3v) is 3.19. The van der Waals surface area contributed by atoms with Gasteiger partial charge in [-0.2, -0.15) is 0 Å². The number of hydrogen-bond acceptors (Lipinski definition) is 3. The van der Waals surface area contributed by atoms with Gasteiger partial charge >= 0.3 is 0 Å². The SMILES string of the molecule is Cc1ncccc1-c1ccc2c(c1)C(=O)NCCO2. The molecule has 0 unspecified atom stereocenters. The molecule has 0 saturated heterocycles. The quantitative estimate of drug-likeness (QED) is 0.848. The molecular formula is C15H14N2O2. The Kier molecular flexibility index (Phi) is 2.91. The molecule has 19 heavy (non-hydrogen) atoms. The molecule has 1 N–H and O–H groups in total. The summed E-state index contributed by atoms with van der Waals surface area (Å²) in [5.41, 5.74) is 3.53. The molecule has 3 rings (SSSR count). The first-order valence-electron chi connectivity index (χ1n) is 6.23. The average molecular weight is 254 g/mol. The normalized spacial score (nSPS) is 14.1. The number of aromatic nitrogens is 1. The fourth-order valence-corrected chi connectivity index (χ4v) is 2.21. The van der Waals surface area contributed by atoms with Gasteiger partial charge in [0.15, 0.2) is 0 Å². The Morgan fingerprint density at radius 1 is 1.26 bits per heavy atom. The fraction of sp³-hybridized carbons (Fsp3) is 0.200. The number of amides is 1. The van der Waals surface area contributed by atoms with E-state index in [1.54, 1.807) is 6.20 Å². The average Bonchev–Trinajstić information content (AvgIpc) is 2.61. The first-order chi connectivity index (χ1) is 9.25. The van der Waals surface area contributed by atoms with Crippen molar-refractivity contribution in [3.05, 3.63) is 47.8 Å². The molecule has 1 aromatic carbocycles. The van der Waals surface area contributed by atoms with Crippen LogP contribution in [0.2, 0.25) is 0 Å². The summed E-state index contributed by atoms with van der Waals surface area (Å²) >= 11 is 0. The third-order valence-electron chi connectivity index (χ3n) is 3.19. The number of nitrogens with one attached hydrogen (secondary N) is 1. The van der Waals surface area contributed by atoms with Crippen LogP contribution < -0.4 is 10.1 Å². The largest absolute Gasteiger partial charge is 0.491 e. The minimum Gasteiger partial charge on any atom is -0.491 e. The second kappa shape index (κ2) is 4.72. The van der Waals surface area contributed by atoms with Gasteiger partial charge in [-0.3, -0.25) is 9.78 Å². The maximum Gasteiger partial charge on any atom is 0.255 e. The summed E-state index contributed by atoms with van der Waals surface area (Å²) in [4.78, 5) is 16.2. The molecule has 1 aliphatic rings. The van der Waals surface area contributed by atoms with Crippen molar-refractivity contribution >= 4 is 5.91 Å². The molecule has 0 spiro atoms. The van der Waals surface area contributed by atoms with E-state index in [9.17, 15) is 4.79 Å². The molecule has 96 valence electrons. The van der Waals surface area contributed by atoms with Crippen LogP contribution in [0.4, 0.5) is 0 Å². The predicted molar refractivity (Wildman–Crippen MR) is 72.2 cm³/mol. The number of aryl methyl sites for hydroxylation is 1. The number of carbonyl (C=O) groups excluding carboxylic acids is 1. The summed E-state index contributed by atoms with van der Waals surface area (Å²) in [5.74, 6) is 0.552. The molecule has 0 bridgehead atoms. The zero-order valence-corrected chi connectivity index (χ0v) is 10.6. The zero-order chi connectivity index (χ0) is 13.2. The van der Waals surface area contributed by atoms with Crippen LogP contribution in [0.25, 0.3) is 11.1 Å². The molecule has 1 aromatic heterocycles. The van der Waals surface area contributed by atoms with Gasteiger partial charge in [-0.1, -0.05) is 12.1 Å². The molecule has 4 heteroatoms. The maximum absolute atomic E-state index is 12.0. The van der Waals surface area contributed by atoms with Crippen molar-refractivity contribution in [3.8, 4) is 16.9 Å². The Labute approximate surface area is 111 Å². The van der Waals surface area contributed by atoms with Crippen LogP contribution in [0.1, 0.15) is 16.1 Å². The summed E-state index contributed by atoms with van der Waals surface area (Å²) in [6.07, 6.45) is 1.76. The Hall–Kier alpha value is -2.36. The van der Waals surface area contributed by atoms with Gasteiger partial charge in [0, 0.05) is 17.5 Å². The number of rotatable bonds is 1. The minimum atomic E-state index is -0.0871. The lowest BCUT2D eigenvalue weighted by atomic mass is 10.0. The van der Waals surface area contributed by atoms with Crippen LogP contribution in [0.15, 0.2) is 36.5 Å². The van der Waals surface area contributed by atoms with Gasteiger partial charge in [0.2, 0.25) is 0 Å². The van der Waals surface area contributed by atoms with Gasteiger partial charge in [0.1, 0.15) is 12.4 Å². The molecule has 2 heterocycles. The highest BCUT2D eigenvalue weighted by atomic mass is 16.5. The molecule has 1 amide bonds. The van der Waals surface area contributed by atoms with Crippen molar-refractivity contribution in [1.29, 1.82) is 0 Å². The maximum atomic E-state index is 12.0. The van der Waals surface area contributed by atoms with E-state index in [1.807, 2.05) is 37.3 Å². The lowest BCUT2D eigenvalue weighted by Gasteiger charge is -2.09. The van der Waals surface area contributed by atoms with Crippen molar-refractivity contribution in [1.82, 2.24) is 10.3 Å². The molecule has 0 radical (unpaired) electrons. The van der Waals surface area contributed by atoms with E-state index >= 15 is 0 Å². The van der Waals surface area contributed by atoms with Crippen LogP contribution in [-0.2, 0) is 0 Å². The van der Waals surface area contributed by atoms with Crippen LogP contribution in [0.3, 0.4) is 0 Å². The Morgan fingerprint density at radius 3 is 3.00 bits per heavy atom. The lowest BCUT2D eigenvalue weighted by Crippen LogP contribution is -2.24. The number of nitrogens with zero attached hydrogens (tertiary/aromatic N) is 1. The van der Waals surface area contributed by atoms with E-state index in [0.717, 1.165) is 16.8 Å². The van der Waals surface area contributed by atoms with Gasteiger partial charge in [-0.15, -0.1) is 0 Å². The summed E-state index contributed by atoms with van der Waals surface area (Å²) < 4.78 is 5.54. The number of benzene rings is 1. The second-order valence-corrected chi connectivity index (χ2v) is 4.45. The van der Waals surface area contributed by atoms with Gasteiger partial charge < -0.3 is 10.1 Å². The van der Waals surface area contributed by atoms with Crippen LogP contribution >= 0.6 is 0 Å². The molecule has 2 aromatic rings. The van der Waals surface area contributed by atoms with Crippen LogP contribution in [0, 0.1) is 6.92 Å². The van der Waals surface area contributed by atoms with E-state index < -0.39 is 0 Å². The number of fused-ring (bicyclic) bond motifs is 1. The Morgan fingerprint density at radius 2 is 2.16 bits per heavy atom. The van der Waals surface area contributed by atoms with E-state index in [1.165, 1.54) is 0 Å². The molecule has 0 aliphatic carbocycles. The minimum absolute atomic E-state index is 0.0871. The number of pyridine rings is 1. The van der Waals surface area contributed by atoms with E-state index in [-0.39, 0.29) is 5.91 Å². The van der Waals surface area contributed by atoms with Gasteiger partial charge in [-0.05, 0) is 30.7 Å². The van der Waals surface area contributed by atoms with E-state index in [2.05, 4.69) is 10.3 Å². The highest BCUT2D eigenvalue weighted by molar-refractivity contribution is 5.98. The highest BCUT2D eigenvalue weighted by Crippen LogP contribution is 2.28. The number of ether oxygens (including phenoxy) is 1. The fourth-order valence-electron chi connectivity index (χ4n) is 2.21. The van der Waals surface area contributed by atoms with Gasteiger partial charge in [-0.25, -0.2) is 0 Å². The Balaban J connectivity index is 2.11. The first-order valence-corrected chi connectivity index (χ1v) is 6.23. The van der Waals surface area contributed by atoms with Crippen molar-refractivity contribution in [3.63, 3.8) is 0 Å². The van der Waals surface area contributed by atoms with E-state index in [0.29, 0.717) is 24.5 Å². The van der Waals surface area contributed by atoms with E-state index in [4.69, 9.17) is 4.74 Å². The smallest absolute Gasteiger partial charge is 0.255 e. The molecular weight excluding hydrogens is 240 g/mol. The van der Waals surface area contributed by atoms with Crippen LogP contribution in [-0.4, -0.2) is 24.0 Å². The summed E-state index contributed by atoms with van der Waals surface area (Å²) in [5, 5.41) is 2.81. The highest BCUT2D eigenvalue weighted by Gasteiger charge is 2.17. The molecule has 0 saturated carbocycles. The standard InChI is InChI=1S/C15H14N2O2/c1-10-12(3-2-6-16-10)11-4-5-14-13(9-11)15(18)17-7-8-19-14/h2-6,9H,7-8H2,1H3,(H,17,18). The van der Waals surface area contributed by atoms with Crippen molar-refractivity contribution in [2.75, 3.05) is 13.2 Å².